The molecule has 0 aromatic heterocycles. The summed E-state index contributed by atoms with van der Waals surface area (Å²) in [6.07, 6.45) is 6.72. The molecule has 0 bridgehead atoms. The van der Waals surface area contributed by atoms with Crippen LogP contribution < -0.4 is 0 Å². The second kappa shape index (κ2) is 5.97. The first-order valence-electron chi connectivity index (χ1n) is 8.43. The Morgan fingerprint density at radius 2 is 1.58 bits per heavy atom. The fraction of sp³-hybridized carbons (Fsp3) is 0.364. The molecule has 0 amide bonds. The van der Waals surface area contributed by atoms with E-state index in [0.29, 0.717) is 5.25 Å². The summed E-state index contributed by atoms with van der Waals surface area (Å²) in [6, 6.07) is 15.7. The van der Waals surface area contributed by atoms with Crippen LogP contribution in [0.2, 0.25) is 0 Å². The Hall–Kier alpha value is -1.18. The Kier molecular flexibility index (Phi) is 4.38. The normalized spacial score (nSPS) is 18.3. The molecule has 2 heteroatoms. The Labute approximate surface area is 152 Å². The molecular formula is C22H27ClS. The van der Waals surface area contributed by atoms with Crippen molar-refractivity contribution in [2.24, 2.45) is 0 Å². The molecule has 0 spiro atoms. The minimum Gasteiger partial charge on any atom is -0.158 e. The molecule has 0 N–H and O–H groups in total. The fourth-order valence-electron chi connectivity index (χ4n) is 3.67. The molecule has 1 aliphatic rings. The molecule has 0 saturated heterocycles. The lowest BCUT2D eigenvalue weighted by Crippen LogP contribution is -2.10. The number of hydrogen-bond donors (Lipinski definition) is 0. The van der Waals surface area contributed by atoms with E-state index in [9.17, 15) is 0 Å². The molecule has 2 aromatic rings. The van der Waals surface area contributed by atoms with E-state index < -0.39 is 9.24 Å². The molecule has 0 fully saturated rings. The smallest absolute Gasteiger partial charge is 0.0474 e. The van der Waals surface area contributed by atoms with Gasteiger partial charge < -0.3 is 0 Å². The van der Waals surface area contributed by atoms with Crippen molar-refractivity contribution < 1.29 is 0 Å². The van der Waals surface area contributed by atoms with Gasteiger partial charge in [0.25, 0.3) is 0 Å². The highest BCUT2D eigenvalue weighted by molar-refractivity contribution is 8.50. The highest BCUT2D eigenvalue weighted by atomic mass is 35.7. The second-order valence-electron chi connectivity index (χ2n) is 8.18. The zero-order valence-corrected chi connectivity index (χ0v) is 17.1. The summed E-state index contributed by atoms with van der Waals surface area (Å²) in [5.41, 5.74) is 8.28. The van der Waals surface area contributed by atoms with Gasteiger partial charge in [-0.1, -0.05) is 85.6 Å². The van der Waals surface area contributed by atoms with Crippen molar-refractivity contribution in [1.82, 2.24) is 0 Å². The summed E-state index contributed by atoms with van der Waals surface area (Å²) in [7, 11) is 5.59. The minimum atomic E-state index is -1.19. The lowest BCUT2D eigenvalue weighted by Gasteiger charge is -2.32. The number of hydrogen-bond acceptors (Lipinski definition) is 0. The SMILES string of the molecule is CC1=Cc2c(-c3ccc(C(C)(C)C)cc3)cccc2C1S(C)(C)Cl. The van der Waals surface area contributed by atoms with E-state index in [4.69, 9.17) is 10.7 Å². The average molecular weight is 359 g/mol. The molecule has 24 heavy (non-hydrogen) atoms. The molecule has 1 aliphatic carbocycles. The average Bonchev–Trinajstić information content (AvgIpc) is 2.82. The largest absolute Gasteiger partial charge is 0.158 e. The minimum absolute atomic E-state index is 0.185. The third kappa shape index (κ3) is 3.17. The van der Waals surface area contributed by atoms with Crippen molar-refractivity contribution in [3.8, 4) is 11.1 Å². The second-order valence-corrected chi connectivity index (χ2v) is 13.6. The Morgan fingerprint density at radius 1 is 0.958 bits per heavy atom. The summed E-state index contributed by atoms with van der Waals surface area (Å²) >= 11 is 0. The monoisotopic (exact) mass is 358 g/mol. The van der Waals surface area contributed by atoms with Crippen LogP contribution in [0.15, 0.2) is 48.0 Å². The topological polar surface area (TPSA) is 0 Å². The van der Waals surface area contributed by atoms with Gasteiger partial charge in [-0.15, -0.1) is 0 Å². The highest BCUT2D eigenvalue weighted by Crippen LogP contribution is 2.64. The van der Waals surface area contributed by atoms with Crippen LogP contribution in [0.1, 0.15) is 49.6 Å². The molecule has 2 aromatic carbocycles. The van der Waals surface area contributed by atoms with Gasteiger partial charge in [-0.3, -0.25) is 0 Å². The fourth-order valence-corrected chi connectivity index (χ4v) is 6.14. The van der Waals surface area contributed by atoms with E-state index in [0.717, 1.165) is 0 Å². The molecule has 1 unspecified atom stereocenters. The van der Waals surface area contributed by atoms with Crippen LogP contribution in [0.5, 0.6) is 0 Å². The van der Waals surface area contributed by atoms with Crippen molar-refractivity contribution in [2.45, 2.75) is 38.4 Å². The maximum Gasteiger partial charge on any atom is 0.0474 e. The predicted molar refractivity (Wildman–Crippen MR) is 112 cm³/mol. The van der Waals surface area contributed by atoms with Gasteiger partial charge in [0.15, 0.2) is 0 Å². The number of fused-ring (bicyclic) bond motifs is 1. The standard InChI is InChI=1S/C22H27ClS/c1-15-14-20-18(8-7-9-19(20)21(15)24(5,6)23)16-10-12-17(13-11-16)22(2,3)4/h7-14,21H,1-6H3. The Morgan fingerprint density at radius 3 is 2.12 bits per heavy atom. The van der Waals surface area contributed by atoms with Crippen molar-refractivity contribution in [1.29, 1.82) is 0 Å². The van der Waals surface area contributed by atoms with Crippen LogP contribution in [-0.4, -0.2) is 12.5 Å². The van der Waals surface area contributed by atoms with Crippen LogP contribution in [0.25, 0.3) is 17.2 Å². The van der Waals surface area contributed by atoms with Gasteiger partial charge >= 0.3 is 0 Å². The van der Waals surface area contributed by atoms with Crippen molar-refractivity contribution in [3.05, 3.63) is 64.7 Å². The molecule has 0 aliphatic heterocycles. The first kappa shape index (κ1) is 17.6. The zero-order chi connectivity index (χ0) is 17.7. The first-order chi connectivity index (χ1) is 11.1. The number of benzene rings is 2. The summed E-state index contributed by atoms with van der Waals surface area (Å²) in [5, 5.41) is 0.364. The molecule has 0 nitrogen and oxygen atoms in total. The van der Waals surface area contributed by atoms with Gasteiger partial charge in [-0.2, -0.15) is 9.24 Å². The Bertz CT molecular complexity index is 786. The molecule has 3 rings (SSSR count). The lowest BCUT2D eigenvalue weighted by atomic mass is 9.86. The highest BCUT2D eigenvalue weighted by Gasteiger charge is 2.32. The van der Waals surface area contributed by atoms with Crippen LogP contribution in [0, 0.1) is 0 Å². The summed E-state index contributed by atoms with van der Waals surface area (Å²) in [5.74, 6) is 0. The predicted octanol–water partition coefficient (Wildman–Crippen LogP) is 7.33. The van der Waals surface area contributed by atoms with Crippen LogP contribution in [-0.2, 0) is 5.41 Å². The third-order valence-electron chi connectivity index (χ3n) is 4.83. The van der Waals surface area contributed by atoms with Crippen LogP contribution >= 0.6 is 19.9 Å². The molecule has 0 radical (unpaired) electrons. The van der Waals surface area contributed by atoms with E-state index >= 15 is 0 Å². The molecule has 1 atom stereocenters. The van der Waals surface area contributed by atoms with E-state index in [1.807, 2.05) is 0 Å². The maximum absolute atomic E-state index is 6.77. The van der Waals surface area contributed by atoms with E-state index in [2.05, 4.69) is 88.7 Å². The molecule has 0 saturated carbocycles. The molecule has 0 heterocycles. The summed E-state index contributed by atoms with van der Waals surface area (Å²) < 4.78 is 0. The molecule has 128 valence electrons. The number of rotatable bonds is 2. The summed E-state index contributed by atoms with van der Waals surface area (Å²) in [4.78, 5) is 0. The zero-order valence-electron chi connectivity index (χ0n) is 15.5. The number of halogens is 1. The van der Waals surface area contributed by atoms with Gasteiger partial charge in [-0.05, 0) is 52.7 Å². The molecular weight excluding hydrogens is 332 g/mol. The van der Waals surface area contributed by atoms with Crippen molar-refractivity contribution >= 4 is 26.0 Å². The van der Waals surface area contributed by atoms with Gasteiger partial charge in [0.2, 0.25) is 0 Å². The van der Waals surface area contributed by atoms with Crippen molar-refractivity contribution in [3.63, 3.8) is 0 Å². The summed E-state index contributed by atoms with van der Waals surface area (Å²) in [6.45, 7) is 8.98. The first-order valence-corrected chi connectivity index (χ1v) is 11.8. The van der Waals surface area contributed by atoms with Gasteiger partial charge in [0, 0.05) is 5.25 Å². The van der Waals surface area contributed by atoms with E-state index in [-0.39, 0.29) is 5.41 Å². The lowest BCUT2D eigenvalue weighted by molar-refractivity contribution is 0.590. The maximum atomic E-state index is 6.77. The Balaban J connectivity index is 2.08. The third-order valence-corrected chi connectivity index (χ3v) is 7.11. The van der Waals surface area contributed by atoms with Gasteiger partial charge in [0.1, 0.15) is 0 Å². The van der Waals surface area contributed by atoms with E-state index in [1.54, 1.807) is 0 Å². The van der Waals surface area contributed by atoms with Crippen LogP contribution in [0.4, 0.5) is 0 Å². The van der Waals surface area contributed by atoms with Crippen molar-refractivity contribution in [2.75, 3.05) is 12.5 Å². The quantitative estimate of drug-likeness (QED) is 0.527. The van der Waals surface area contributed by atoms with E-state index in [1.165, 1.54) is 33.4 Å². The van der Waals surface area contributed by atoms with Gasteiger partial charge in [0.05, 0.1) is 0 Å². The van der Waals surface area contributed by atoms with Gasteiger partial charge in [-0.25, -0.2) is 0 Å². The van der Waals surface area contributed by atoms with Crippen LogP contribution in [0.3, 0.4) is 0 Å².